The Morgan fingerprint density at radius 3 is 2.26 bits per heavy atom. The molecule has 1 saturated heterocycles. The molecule has 1 aromatic rings. The second-order valence-corrected chi connectivity index (χ2v) is 4.57. The summed E-state index contributed by atoms with van der Waals surface area (Å²) in [4.78, 5) is 23.2. The van der Waals surface area contributed by atoms with Crippen molar-refractivity contribution in [1.82, 2.24) is 0 Å². The highest BCUT2D eigenvalue weighted by Crippen LogP contribution is 2.22. The Bertz CT molecular complexity index is 552. The zero-order chi connectivity index (χ0) is 14.0. The van der Waals surface area contributed by atoms with E-state index in [9.17, 15) is 9.59 Å². The van der Waals surface area contributed by atoms with Gasteiger partial charge in [-0.1, -0.05) is 6.08 Å². The number of hydrogen-bond acceptors (Lipinski definition) is 5. The molecule has 0 saturated carbocycles. The highest BCUT2D eigenvalue weighted by Gasteiger charge is 2.38. The van der Waals surface area contributed by atoms with Gasteiger partial charge >= 0.3 is 11.9 Å². The number of cyclic esters (lactones) is 2. The minimum atomic E-state index is -1.21. The number of allylic oxidation sites excluding steroid dienone is 2. The molecule has 2 rings (SSSR count). The first-order valence-electron chi connectivity index (χ1n) is 5.79. The molecule has 0 aromatic carbocycles. The molecule has 19 heavy (non-hydrogen) atoms. The molecular formula is C14H14O5. The number of rotatable bonds is 2. The van der Waals surface area contributed by atoms with Crippen LogP contribution in [-0.2, 0) is 19.1 Å². The Hall–Kier alpha value is -2.30. The Morgan fingerprint density at radius 2 is 1.74 bits per heavy atom. The van der Waals surface area contributed by atoms with Gasteiger partial charge in [-0.05, 0) is 31.2 Å². The fourth-order valence-corrected chi connectivity index (χ4v) is 1.58. The van der Waals surface area contributed by atoms with Gasteiger partial charge in [0.05, 0.1) is 0 Å². The van der Waals surface area contributed by atoms with Crippen molar-refractivity contribution in [2.45, 2.75) is 26.6 Å². The molecule has 0 N–H and O–H groups in total. The van der Waals surface area contributed by atoms with Gasteiger partial charge in [0, 0.05) is 13.8 Å². The number of esters is 2. The van der Waals surface area contributed by atoms with Crippen LogP contribution in [0.15, 0.2) is 34.3 Å². The van der Waals surface area contributed by atoms with Crippen LogP contribution in [0, 0.1) is 6.92 Å². The van der Waals surface area contributed by atoms with E-state index in [-0.39, 0.29) is 5.57 Å². The number of aryl methyl sites for hydroxylation is 1. The van der Waals surface area contributed by atoms with Gasteiger partial charge in [-0.25, -0.2) is 9.59 Å². The SMILES string of the molecule is Cc1ccc(/C=C/C=C2C(=O)OC(C)(C)OC2=O)o1. The molecule has 2 heterocycles. The van der Waals surface area contributed by atoms with Crippen LogP contribution in [0.5, 0.6) is 0 Å². The fourth-order valence-electron chi connectivity index (χ4n) is 1.58. The molecule has 1 aromatic heterocycles. The van der Waals surface area contributed by atoms with E-state index in [4.69, 9.17) is 13.9 Å². The van der Waals surface area contributed by atoms with E-state index in [0.29, 0.717) is 5.76 Å². The van der Waals surface area contributed by atoms with Crippen molar-refractivity contribution in [2.24, 2.45) is 0 Å². The van der Waals surface area contributed by atoms with Crippen molar-refractivity contribution in [3.63, 3.8) is 0 Å². The van der Waals surface area contributed by atoms with Crippen LogP contribution in [0.3, 0.4) is 0 Å². The largest absolute Gasteiger partial charge is 0.462 e. The second-order valence-electron chi connectivity index (χ2n) is 4.57. The first-order chi connectivity index (χ1) is 8.87. The van der Waals surface area contributed by atoms with Gasteiger partial charge in [-0.3, -0.25) is 0 Å². The molecule has 5 heteroatoms. The summed E-state index contributed by atoms with van der Waals surface area (Å²) in [7, 11) is 0. The Balaban J connectivity index is 2.13. The maximum absolute atomic E-state index is 11.6. The third-order valence-electron chi connectivity index (χ3n) is 2.40. The van der Waals surface area contributed by atoms with Crippen molar-refractivity contribution in [2.75, 3.05) is 0 Å². The average Bonchev–Trinajstić information content (AvgIpc) is 2.67. The molecule has 100 valence electrons. The lowest BCUT2D eigenvalue weighted by molar-refractivity contribution is -0.222. The number of ether oxygens (including phenoxy) is 2. The summed E-state index contributed by atoms with van der Waals surface area (Å²) in [5.74, 6) is -1.19. The summed E-state index contributed by atoms with van der Waals surface area (Å²) >= 11 is 0. The lowest BCUT2D eigenvalue weighted by Crippen LogP contribution is -2.41. The second kappa shape index (κ2) is 4.76. The van der Waals surface area contributed by atoms with Crippen LogP contribution in [-0.4, -0.2) is 17.7 Å². The smallest absolute Gasteiger partial charge is 0.348 e. The molecule has 0 spiro atoms. The molecule has 1 fully saturated rings. The molecule has 5 nitrogen and oxygen atoms in total. The highest BCUT2D eigenvalue weighted by molar-refractivity contribution is 6.15. The first kappa shape index (κ1) is 13.1. The maximum atomic E-state index is 11.6. The quantitative estimate of drug-likeness (QED) is 0.465. The van der Waals surface area contributed by atoms with Crippen LogP contribution in [0.25, 0.3) is 6.08 Å². The number of hydrogen-bond donors (Lipinski definition) is 0. The van der Waals surface area contributed by atoms with E-state index in [1.54, 1.807) is 12.1 Å². The standard InChI is InChI=1S/C14H14O5/c1-9-7-8-10(17-9)5-4-6-11-12(15)18-14(2,3)19-13(11)16/h4-8H,1-3H3/b5-4+. The topological polar surface area (TPSA) is 65.7 Å². The molecule has 0 atom stereocenters. The molecule has 0 radical (unpaired) electrons. The average molecular weight is 262 g/mol. The van der Waals surface area contributed by atoms with Gasteiger partial charge in [0.25, 0.3) is 5.79 Å². The molecule has 0 aliphatic carbocycles. The van der Waals surface area contributed by atoms with Gasteiger partial charge < -0.3 is 13.9 Å². The van der Waals surface area contributed by atoms with Crippen molar-refractivity contribution in [3.05, 3.63) is 41.4 Å². The summed E-state index contributed by atoms with van der Waals surface area (Å²) in [6.07, 6.45) is 4.52. The summed E-state index contributed by atoms with van der Waals surface area (Å²) in [5.41, 5.74) is -0.140. The van der Waals surface area contributed by atoms with E-state index < -0.39 is 17.7 Å². The Kier molecular flexibility index (Phi) is 3.29. The summed E-state index contributed by atoms with van der Waals surface area (Å²) in [6, 6.07) is 3.60. The summed E-state index contributed by atoms with van der Waals surface area (Å²) < 4.78 is 15.2. The van der Waals surface area contributed by atoms with Crippen LogP contribution in [0.1, 0.15) is 25.4 Å². The summed E-state index contributed by atoms with van der Waals surface area (Å²) in [6.45, 7) is 4.83. The van der Waals surface area contributed by atoms with E-state index in [1.165, 1.54) is 26.0 Å². The van der Waals surface area contributed by atoms with Gasteiger partial charge in [-0.2, -0.15) is 0 Å². The van der Waals surface area contributed by atoms with Crippen molar-refractivity contribution < 1.29 is 23.5 Å². The van der Waals surface area contributed by atoms with Gasteiger partial charge in [0.2, 0.25) is 0 Å². The van der Waals surface area contributed by atoms with E-state index in [1.807, 2.05) is 13.0 Å². The highest BCUT2D eigenvalue weighted by atomic mass is 16.7. The lowest BCUT2D eigenvalue weighted by atomic mass is 10.2. The summed E-state index contributed by atoms with van der Waals surface area (Å²) in [5, 5.41) is 0. The van der Waals surface area contributed by atoms with Crippen LogP contribution < -0.4 is 0 Å². The lowest BCUT2D eigenvalue weighted by Gasteiger charge is -2.29. The number of carbonyl (C=O) groups excluding carboxylic acids is 2. The number of furan rings is 1. The Morgan fingerprint density at radius 1 is 1.11 bits per heavy atom. The monoisotopic (exact) mass is 262 g/mol. The van der Waals surface area contributed by atoms with E-state index in [0.717, 1.165) is 5.76 Å². The minimum absolute atomic E-state index is 0.140. The molecule has 1 aliphatic rings. The fraction of sp³-hybridized carbons (Fsp3) is 0.286. The molecule has 0 unspecified atom stereocenters. The third-order valence-corrected chi connectivity index (χ3v) is 2.40. The predicted octanol–water partition coefficient (Wildman–Crippen LogP) is 2.36. The first-order valence-corrected chi connectivity index (χ1v) is 5.79. The number of carbonyl (C=O) groups is 2. The van der Waals surface area contributed by atoms with Gasteiger partial charge in [0.1, 0.15) is 17.1 Å². The molecule has 1 aliphatic heterocycles. The minimum Gasteiger partial charge on any atom is -0.462 e. The normalized spacial score (nSPS) is 18.4. The predicted molar refractivity (Wildman–Crippen MR) is 66.8 cm³/mol. The zero-order valence-corrected chi connectivity index (χ0v) is 10.9. The maximum Gasteiger partial charge on any atom is 0.348 e. The molecular weight excluding hydrogens is 248 g/mol. The Labute approximate surface area is 110 Å². The van der Waals surface area contributed by atoms with Gasteiger partial charge in [-0.15, -0.1) is 0 Å². The van der Waals surface area contributed by atoms with E-state index >= 15 is 0 Å². The third kappa shape index (κ3) is 3.13. The van der Waals surface area contributed by atoms with E-state index in [2.05, 4.69) is 0 Å². The molecule has 0 amide bonds. The van der Waals surface area contributed by atoms with Crippen molar-refractivity contribution in [3.8, 4) is 0 Å². The van der Waals surface area contributed by atoms with Gasteiger partial charge in [0.15, 0.2) is 0 Å². The van der Waals surface area contributed by atoms with Crippen molar-refractivity contribution >= 4 is 18.0 Å². The van der Waals surface area contributed by atoms with Crippen LogP contribution >= 0.6 is 0 Å². The zero-order valence-electron chi connectivity index (χ0n) is 10.9. The van der Waals surface area contributed by atoms with Crippen molar-refractivity contribution in [1.29, 1.82) is 0 Å². The molecule has 0 bridgehead atoms. The van der Waals surface area contributed by atoms with Crippen LogP contribution in [0.4, 0.5) is 0 Å². The van der Waals surface area contributed by atoms with Crippen LogP contribution in [0.2, 0.25) is 0 Å².